The molecule has 0 saturated carbocycles. The van der Waals surface area contributed by atoms with E-state index < -0.39 is 6.17 Å². The number of pyridine rings is 1. The number of hydrazine groups is 1. The van der Waals surface area contributed by atoms with Gasteiger partial charge in [-0.25, -0.2) is 10.4 Å². The van der Waals surface area contributed by atoms with E-state index >= 15 is 0 Å². The Balaban J connectivity index is 1.46. The first-order valence-corrected chi connectivity index (χ1v) is 14.5. The van der Waals surface area contributed by atoms with Crippen LogP contribution in [0.25, 0.3) is 0 Å². The molecule has 10 nitrogen and oxygen atoms in total. The van der Waals surface area contributed by atoms with Crippen molar-refractivity contribution in [1.29, 1.82) is 0 Å². The number of carbonyl (C=O) groups excluding carboxylic acids is 3. The second kappa shape index (κ2) is 14.3. The molecule has 0 spiro atoms. The number of anilines is 4. The number of benzene rings is 3. The summed E-state index contributed by atoms with van der Waals surface area (Å²) < 4.78 is 0. The van der Waals surface area contributed by atoms with Crippen LogP contribution in [0.15, 0.2) is 127 Å². The molecule has 5 rings (SSSR count). The highest BCUT2D eigenvalue weighted by molar-refractivity contribution is 6.06. The van der Waals surface area contributed by atoms with E-state index in [-0.39, 0.29) is 17.7 Å². The molecule has 0 bridgehead atoms. The van der Waals surface area contributed by atoms with Crippen LogP contribution in [-0.2, 0) is 16.0 Å². The van der Waals surface area contributed by atoms with E-state index in [0.29, 0.717) is 35.6 Å². The van der Waals surface area contributed by atoms with Crippen molar-refractivity contribution < 1.29 is 14.4 Å². The van der Waals surface area contributed by atoms with Crippen molar-refractivity contribution in [2.45, 2.75) is 26.4 Å². The quantitative estimate of drug-likeness (QED) is 0.148. The lowest BCUT2D eigenvalue weighted by Crippen LogP contribution is -2.53. The number of allylic oxidation sites excluding steroid dienone is 1. The molecular formula is C35H35N7O3. The Morgan fingerprint density at radius 1 is 0.867 bits per heavy atom. The topological polar surface area (TPSA) is 133 Å². The summed E-state index contributed by atoms with van der Waals surface area (Å²) >= 11 is 0. The van der Waals surface area contributed by atoms with Crippen LogP contribution in [0.5, 0.6) is 0 Å². The van der Waals surface area contributed by atoms with Crippen molar-refractivity contribution >= 4 is 40.5 Å². The van der Waals surface area contributed by atoms with Crippen molar-refractivity contribution in [3.63, 3.8) is 0 Å². The lowest BCUT2D eigenvalue weighted by atomic mass is 10.0. The van der Waals surface area contributed by atoms with Crippen LogP contribution < -0.4 is 31.7 Å². The molecule has 1 aromatic heterocycles. The zero-order valence-electron chi connectivity index (χ0n) is 25.1. The molecule has 0 aliphatic carbocycles. The molecular weight excluding hydrogens is 566 g/mol. The van der Waals surface area contributed by atoms with Gasteiger partial charge in [-0.2, -0.15) is 0 Å². The Morgan fingerprint density at radius 2 is 1.53 bits per heavy atom. The average Bonchev–Trinajstić information content (AvgIpc) is 3.04. The summed E-state index contributed by atoms with van der Waals surface area (Å²) in [5.74, 6) is -0.668. The van der Waals surface area contributed by atoms with Crippen LogP contribution in [0.2, 0.25) is 0 Å². The maximum atomic E-state index is 13.8. The van der Waals surface area contributed by atoms with E-state index in [1.54, 1.807) is 60.9 Å². The van der Waals surface area contributed by atoms with Gasteiger partial charge >= 0.3 is 0 Å². The summed E-state index contributed by atoms with van der Waals surface area (Å²) in [6, 6.07) is 27.5. The number of amides is 3. The minimum Gasteiger partial charge on any atom is -0.341 e. The zero-order valence-corrected chi connectivity index (χ0v) is 25.1. The van der Waals surface area contributed by atoms with Crippen molar-refractivity contribution in [2.24, 2.45) is 5.73 Å². The van der Waals surface area contributed by atoms with Crippen LogP contribution in [0.3, 0.4) is 0 Å². The lowest BCUT2D eigenvalue weighted by Gasteiger charge is -2.33. The summed E-state index contributed by atoms with van der Waals surface area (Å²) in [5, 5.41) is 7.03. The number of carbonyl (C=O) groups is 3. The summed E-state index contributed by atoms with van der Waals surface area (Å²) in [6.07, 6.45) is 7.38. The minimum atomic E-state index is -0.762. The second-order valence-corrected chi connectivity index (χ2v) is 10.6. The molecule has 0 fully saturated rings. The molecule has 4 aromatic rings. The van der Waals surface area contributed by atoms with Gasteiger partial charge in [0.05, 0.1) is 11.9 Å². The molecule has 1 aliphatic heterocycles. The van der Waals surface area contributed by atoms with Crippen LogP contribution in [0, 0.1) is 0 Å². The number of hydrogen-bond acceptors (Lipinski definition) is 7. The third-order valence-corrected chi connectivity index (χ3v) is 7.08. The fraction of sp³-hybridized carbons (Fsp3) is 0.143. The smallest absolute Gasteiger partial charge is 0.272 e. The molecule has 10 heteroatoms. The van der Waals surface area contributed by atoms with Gasteiger partial charge in [0, 0.05) is 67.5 Å². The highest BCUT2D eigenvalue weighted by Crippen LogP contribution is 2.29. The largest absolute Gasteiger partial charge is 0.341 e. The molecule has 1 aliphatic rings. The third kappa shape index (κ3) is 8.08. The van der Waals surface area contributed by atoms with Gasteiger partial charge in [-0.05, 0) is 77.9 Å². The van der Waals surface area contributed by atoms with Gasteiger partial charge in [0.1, 0.15) is 0 Å². The molecule has 228 valence electrons. The van der Waals surface area contributed by atoms with Gasteiger partial charge < -0.3 is 21.3 Å². The summed E-state index contributed by atoms with van der Waals surface area (Å²) in [4.78, 5) is 43.5. The Bertz CT molecular complexity index is 1740. The van der Waals surface area contributed by atoms with Gasteiger partial charge in [0.25, 0.3) is 5.91 Å². The Labute approximate surface area is 262 Å². The molecule has 45 heavy (non-hydrogen) atoms. The number of hydrogen-bond donors (Lipinski definition) is 4. The summed E-state index contributed by atoms with van der Waals surface area (Å²) in [5.41, 5.74) is 16.0. The van der Waals surface area contributed by atoms with E-state index in [1.165, 1.54) is 18.9 Å². The zero-order chi connectivity index (χ0) is 31.8. The van der Waals surface area contributed by atoms with Gasteiger partial charge in [-0.1, -0.05) is 36.4 Å². The number of aromatic nitrogens is 1. The second-order valence-electron chi connectivity index (χ2n) is 10.6. The average molecular weight is 602 g/mol. The van der Waals surface area contributed by atoms with Crippen molar-refractivity contribution in [2.75, 3.05) is 27.1 Å². The fourth-order valence-corrected chi connectivity index (χ4v) is 5.04. The van der Waals surface area contributed by atoms with E-state index in [2.05, 4.69) is 25.9 Å². The fourth-order valence-electron chi connectivity index (χ4n) is 5.04. The van der Waals surface area contributed by atoms with Crippen LogP contribution >= 0.6 is 0 Å². The molecule has 3 amide bonds. The number of nitrogens with two attached hydrogens (primary N) is 1. The van der Waals surface area contributed by atoms with E-state index in [9.17, 15) is 14.4 Å². The van der Waals surface area contributed by atoms with Gasteiger partial charge in [-0.3, -0.25) is 19.4 Å². The third-order valence-electron chi connectivity index (χ3n) is 7.08. The van der Waals surface area contributed by atoms with Crippen LogP contribution in [0.1, 0.15) is 29.8 Å². The van der Waals surface area contributed by atoms with Crippen LogP contribution in [-0.4, -0.2) is 35.4 Å². The Hall–Kier alpha value is -5.58. The molecule has 1 unspecified atom stereocenters. The Kier molecular flexibility index (Phi) is 9.78. The molecule has 1 atom stereocenters. The van der Waals surface area contributed by atoms with Crippen molar-refractivity contribution in [3.8, 4) is 0 Å². The maximum absolute atomic E-state index is 13.8. The van der Waals surface area contributed by atoms with Crippen molar-refractivity contribution in [1.82, 2.24) is 10.4 Å². The standard InChI is InChI=1S/C35H35N7O3/c1-24(43)38-29-10-6-12-31(22-29)41-19-16-28(21-33(41)20-26-14-17-37-18-15-26)34(36)40-42(35(45)27-8-4-3-5-9-27)32-13-7-11-30(23-32)39-25(2)44/h3-18,21-23,34,40H,19-20,36H2,1-2H3,(H,38,43)(H,39,44). The first-order valence-electron chi connectivity index (χ1n) is 14.5. The highest BCUT2D eigenvalue weighted by atomic mass is 16.2. The van der Waals surface area contributed by atoms with Gasteiger partial charge in [0.15, 0.2) is 0 Å². The van der Waals surface area contributed by atoms with E-state index in [1.807, 2.05) is 54.6 Å². The SMILES string of the molecule is CC(=O)Nc1cccc(N2CC=C(C(N)NN(C(=O)c3ccccc3)c3cccc(NC(C)=O)c3)C=C2Cc2ccncc2)c1. The number of nitrogens with zero attached hydrogens (tertiary/aromatic N) is 3. The number of rotatable bonds is 10. The van der Waals surface area contributed by atoms with Gasteiger partial charge in [-0.15, -0.1) is 0 Å². The van der Waals surface area contributed by atoms with Crippen LogP contribution in [0.4, 0.5) is 22.7 Å². The lowest BCUT2D eigenvalue weighted by molar-refractivity contribution is -0.115. The Morgan fingerprint density at radius 3 is 2.22 bits per heavy atom. The minimum absolute atomic E-state index is 0.144. The van der Waals surface area contributed by atoms with E-state index in [0.717, 1.165) is 22.5 Å². The van der Waals surface area contributed by atoms with Gasteiger partial charge in [0.2, 0.25) is 11.8 Å². The first-order chi connectivity index (χ1) is 21.8. The molecule has 0 saturated heterocycles. The summed E-state index contributed by atoms with van der Waals surface area (Å²) in [7, 11) is 0. The molecule has 3 aromatic carbocycles. The van der Waals surface area contributed by atoms with E-state index in [4.69, 9.17) is 5.73 Å². The van der Waals surface area contributed by atoms with Crippen molar-refractivity contribution in [3.05, 3.63) is 138 Å². The highest BCUT2D eigenvalue weighted by Gasteiger charge is 2.25. The number of nitrogens with one attached hydrogen (secondary N) is 3. The molecule has 0 radical (unpaired) electrons. The first kappa shape index (κ1) is 30.9. The predicted octanol–water partition coefficient (Wildman–Crippen LogP) is 5.01. The maximum Gasteiger partial charge on any atom is 0.272 e. The molecule has 5 N–H and O–H groups in total. The monoisotopic (exact) mass is 601 g/mol. The normalized spacial score (nSPS) is 13.3. The predicted molar refractivity (Wildman–Crippen MR) is 177 cm³/mol. The summed E-state index contributed by atoms with van der Waals surface area (Å²) in [6.45, 7) is 3.42. The molecule has 2 heterocycles.